The van der Waals surface area contributed by atoms with Crippen LogP contribution in [0.2, 0.25) is 0 Å². The molecule has 0 bridgehead atoms. The van der Waals surface area contributed by atoms with Gasteiger partial charge in [-0.2, -0.15) is 0 Å². The van der Waals surface area contributed by atoms with Gasteiger partial charge in [0.2, 0.25) is 0 Å². The van der Waals surface area contributed by atoms with Crippen molar-refractivity contribution in [2.75, 3.05) is 13.2 Å². The Labute approximate surface area is 105 Å². The SMILES string of the molecule is CC1(c2ccc3c(c2)OCCO3)CC(=O)C=CO1. The van der Waals surface area contributed by atoms with E-state index >= 15 is 0 Å². The summed E-state index contributed by atoms with van der Waals surface area (Å²) < 4.78 is 16.6. The van der Waals surface area contributed by atoms with E-state index in [1.807, 2.05) is 25.1 Å². The molecular formula is C14H14O4. The second-order valence-electron chi connectivity index (χ2n) is 4.65. The lowest BCUT2D eigenvalue weighted by Crippen LogP contribution is -2.30. The van der Waals surface area contributed by atoms with Crippen LogP contribution in [-0.4, -0.2) is 19.0 Å². The smallest absolute Gasteiger partial charge is 0.163 e. The standard InChI is InChI=1S/C14H14O4/c1-14(9-11(15)4-5-18-14)10-2-3-12-13(8-10)17-7-6-16-12/h2-5,8H,6-7,9H2,1H3. The third-order valence-corrected chi connectivity index (χ3v) is 3.25. The zero-order valence-electron chi connectivity index (χ0n) is 10.1. The van der Waals surface area contributed by atoms with E-state index in [-0.39, 0.29) is 5.78 Å². The highest BCUT2D eigenvalue weighted by Crippen LogP contribution is 2.38. The number of ether oxygens (including phenoxy) is 3. The molecule has 0 aliphatic carbocycles. The van der Waals surface area contributed by atoms with E-state index in [1.54, 1.807) is 0 Å². The Morgan fingerprint density at radius 1 is 1.17 bits per heavy atom. The summed E-state index contributed by atoms with van der Waals surface area (Å²) in [4.78, 5) is 11.5. The fourth-order valence-electron chi connectivity index (χ4n) is 2.24. The second kappa shape index (κ2) is 4.05. The maximum absolute atomic E-state index is 11.5. The summed E-state index contributed by atoms with van der Waals surface area (Å²) in [6, 6.07) is 5.67. The third kappa shape index (κ3) is 1.83. The number of rotatable bonds is 1. The summed E-state index contributed by atoms with van der Waals surface area (Å²) >= 11 is 0. The minimum atomic E-state index is -0.623. The largest absolute Gasteiger partial charge is 0.490 e. The van der Waals surface area contributed by atoms with Gasteiger partial charge in [0.15, 0.2) is 17.3 Å². The average Bonchev–Trinajstić information content (AvgIpc) is 2.38. The van der Waals surface area contributed by atoms with Gasteiger partial charge in [-0.05, 0) is 24.6 Å². The predicted octanol–water partition coefficient (Wildman–Crippen LogP) is 2.18. The Morgan fingerprint density at radius 2 is 1.94 bits per heavy atom. The Hall–Kier alpha value is -1.97. The Morgan fingerprint density at radius 3 is 2.72 bits per heavy atom. The van der Waals surface area contributed by atoms with Crippen molar-refractivity contribution in [2.45, 2.75) is 18.9 Å². The molecule has 0 aromatic heterocycles. The van der Waals surface area contributed by atoms with Gasteiger partial charge in [0, 0.05) is 6.08 Å². The number of benzene rings is 1. The molecule has 1 aromatic rings. The molecule has 94 valence electrons. The maximum Gasteiger partial charge on any atom is 0.163 e. The van der Waals surface area contributed by atoms with Gasteiger partial charge in [0.05, 0.1) is 12.7 Å². The van der Waals surface area contributed by atoms with Crippen LogP contribution in [-0.2, 0) is 15.1 Å². The Kier molecular flexibility index (Phi) is 2.51. The monoisotopic (exact) mass is 246 g/mol. The van der Waals surface area contributed by atoms with Gasteiger partial charge in [0.25, 0.3) is 0 Å². The van der Waals surface area contributed by atoms with Crippen molar-refractivity contribution in [3.8, 4) is 11.5 Å². The van der Waals surface area contributed by atoms with Crippen molar-refractivity contribution in [3.63, 3.8) is 0 Å². The molecule has 1 atom stereocenters. The molecule has 2 aliphatic heterocycles. The normalized spacial score (nSPS) is 25.7. The first-order chi connectivity index (χ1) is 8.67. The Bertz CT molecular complexity index is 521. The van der Waals surface area contributed by atoms with Gasteiger partial charge < -0.3 is 14.2 Å². The van der Waals surface area contributed by atoms with Crippen LogP contribution in [0.5, 0.6) is 11.5 Å². The van der Waals surface area contributed by atoms with Crippen LogP contribution in [0.3, 0.4) is 0 Å². The van der Waals surface area contributed by atoms with E-state index in [2.05, 4.69) is 0 Å². The molecule has 0 saturated heterocycles. The summed E-state index contributed by atoms with van der Waals surface area (Å²) in [7, 11) is 0. The molecule has 0 radical (unpaired) electrons. The summed E-state index contributed by atoms with van der Waals surface area (Å²) in [5, 5.41) is 0. The van der Waals surface area contributed by atoms with Crippen LogP contribution in [0.1, 0.15) is 18.9 Å². The van der Waals surface area contributed by atoms with Crippen LogP contribution in [0.25, 0.3) is 0 Å². The predicted molar refractivity (Wildman–Crippen MR) is 64.6 cm³/mol. The van der Waals surface area contributed by atoms with Gasteiger partial charge in [-0.3, -0.25) is 4.79 Å². The molecule has 4 nitrogen and oxygen atoms in total. The van der Waals surface area contributed by atoms with Crippen molar-refractivity contribution in [2.24, 2.45) is 0 Å². The second-order valence-corrected chi connectivity index (χ2v) is 4.65. The molecule has 1 unspecified atom stereocenters. The number of hydrogen-bond acceptors (Lipinski definition) is 4. The van der Waals surface area contributed by atoms with E-state index in [1.165, 1.54) is 12.3 Å². The van der Waals surface area contributed by atoms with E-state index in [0.29, 0.717) is 25.4 Å². The number of carbonyl (C=O) groups excluding carboxylic acids is 1. The molecule has 0 fully saturated rings. The number of allylic oxidation sites excluding steroid dienone is 1. The van der Waals surface area contributed by atoms with E-state index in [0.717, 1.165) is 11.3 Å². The molecular weight excluding hydrogens is 232 g/mol. The van der Waals surface area contributed by atoms with E-state index < -0.39 is 5.60 Å². The molecule has 0 N–H and O–H groups in total. The molecule has 18 heavy (non-hydrogen) atoms. The van der Waals surface area contributed by atoms with Crippen molar-refractivity contribution >= 4 is 5.78 Å². The van der Waals surface area contributed by atoms with Crippen molar-refractivity contribution in [3.05, 3.63) is 36.1 Å². The number of carbonyl (C=O) groups is 1. The molecule has 1 aromatic carbocycles. The van der Waals surface area contributed by atoms with Gasteiger partial charge in [-0.25, -0.2) is 0 Å². The minimum Gasteiger partial charge on any atom is -0.490 e. The average molecular weight is 246 g/mol. The van der Waals surface area contributed by atoms with E-state index in [4.69, 9.17) is 14.2 Å². The number of ketones is 1. The fourth-order valence-corrected chi connectivity index (χ4v) is 2.24. The maximum atomic E-state index is 11.5. The lowest BCUT2D eigenvalue weighted by molar-refractivity contribution is -0.122. The Balaban J connectivity index is 1.97. The molecule has 3 rings (SSSR count). The van der Waals surface area contributed by atoms with Crippen molar-refractivity contribution in [1.82, 2.24) is 0 Å². The van der Waals surface area contributed by atoms with Crippen LogP contribution in [0.4, 0.5) is 0 Å². The molecule has 0 amide bonds. The topological polar surface area (TPSA) is 44.8 Å². The first kappa shape index (κ1) is 11.1. The zero-order valence-corrected chi connectivity index (χ0v) is 10.1. The van der Waals surface area contributed by atoms with E-state index in [9.17, 15) is 4.79 Å². The van der Waals surface area contributed by atoms with Crippen LogP contribution in [0, 0.1) is 0 Å². The molecule has 2 heterocycles. The summed E-state index contributed by atoms with van der Waals surface area (Å²) in [5.41, 5.74) is 0.297. The minimum absolute atomic E-state index is 0.0682. The van der Waals surface area contributed by atoms with Crippen LogP contribution >= 0.6 is 0 Å². The first-order valence-electron chi connectivity index (χ1n) is 5.95. The molecule has 0 spiro atoms. The highest BCUT2D eigenvalue weighted by molar-refractivity contribution is 5.91. The molecule has 2 aliphatic rings. The van der Waals surface area contributed by atoms with Gasteiger partial charge in [-0.1, -0.05) is 6.07 Å². The highest BCUT2D eigenvalue weighted by atomic mass is 16.6. The summed E-state index contributed by atoms with van der Waals surface area (Å²) in [6.07, 6.45) is 3.26. The number of hydrogen-bond donors (Lipinski definition) is 0. The van der Waals surface area contributed by atoms with Gasteiger partial charge >= 0.3 is 0 Å². The summed E-state index contributed by atoms with van der Waals surface area (Å²) in [6.45, 7) is 3.02. The fraction of sp³-hybridized carbons (Fsp3) is 0.357. The highest BCUT2D eigenvalue weighted by Gasteiger charge is 2.33. The molecule has 4 heteroatoms. The first-order valence-corrected chi connectivity index (χ1v) is 5.95. The van der Waals surface area contributed by atoms with Crippen LogP contribution < -0.4 is 9.47 Å². The quantitative estimate of drug-likeness (QED) is 0.761. The van der Waals surface area contributed by atoms with Crippen molar-refractivity contribution in [1.29, 1.82) is 0 Å². The third-order valence-electron chi connectivity index (χ3n) is 3.25. The molecule has 0 saturated carbocycles. The number of fused-ring (bicyclic) bond motifs is 1. The lowest BCUT2D eigenvalue weighted by atomic mass is 9.89. The van der Waals surface area contributed by atoms with Gasteiger partial charge in [-0.15, -0.1) is 0 Å². The van der Waals surface area contributed by atoms with Gasteiger partial charge in [0.1, 0.15) is 18.8 Å². The van der Waals surface area contributed by atoms with Crippen LogP contribution in [0.15, 0.2) is 30.5 Å². The summed E-state index contributed by atoms with van der Waals surface area (Å²) in [5.74, 6) is 1.52. The van der Waals surface area contributed by atoms with Crippen molar-refractivity contribution < 1.29 is 19.0 Å². The lowest BCUT2D eigenvalue weighted by Gasteiger charge is -2.32. The zero-order chi connectivity index (χ0) is 12.6.